The number of halogens is 1. The van der Waals surface area contributed by atoms with Crippen LogP contribution in [0.5, 0.6) is 0 Å². The highest BCUT2D eigenvalue weighted by Crippen LogP contribution is 2.50. The summed E-state index contributed by atoms with van der Waals surface area (Å²) in [7, 11) is 0. The molecule has 1 aliphatic carbocycles. The Morgan fingerprint density at radius 2 is 2.16 bits per heavy atom. The molecular formula is C15H19ClN2O. The third-order valence-electron chi connectivity index (χ3n) is 4.17. The van der Waals surface area contributed by atoms with Gasteiger partial charge in [0.15, 0.2) is 0 Å². The first-order chi connectivity index (χ1) is 9.22. The van der Waals surface area contributed by atoms with Gasteiger partial charge in [-0.05, 0) is 50.4 Å². The Morgan fingerprint density at radius 1 is 1.42 bits per heavy atom. The smallest absolute Gasteiger partial charge is 0.114 e. The summed E-state index contributed by atoms with van der Waals surface area (Å²) >= 11 is 6.23. The van der Waals surface area contributed by atoms with Crippen molar-refractivity contribution in [1.29, 1.82) is 0 Å². The van der Waals surface area contributed by atoms with Crippen molar-refractivity contribution >= 4 is 17.3 Å². The van der Waals surface area contributed by atoms with Crippen LogP contribution in [0.3, 0.4) is 0 Å². The molecule has 3 nitrogen and oxygen atoms in total. The third-order valence-corrected chi connectivity index (χ3v) is 4.57. The molecule has 1 aromatic rings. The Hall–Kier alpha value is -1.06. The minimum absolute atomic E-state index is 0.534. The largest absolute Gasteiger partial charge is 0.396 e. The second-order valence-electron chi connectivity index (χ2n) is 5.37. The summed E-state index contributed by atoms with van der Waals surface area (Å²) in [5.74, 6) is 1.98. The monoisotopic (exact) mass is 278 g/mol. The maximum Gasteiger partial charge on any atom is 0.114 e. The molecule has 1 aromatic carbocycles. The number of hydrogen-bond donors (Lipinski definition) is 1. The Balaban J connectivity index is 1.89. The minimum atomic E-state index is 0.534. The zero-order valence-electron chi connectivity index (χ0n) is 11.3. The standard InChI is InChI=1S/C15H19ClN2O/c1-3-19-18-15(14-11-7-17-8-12(11)14)10-5-4-9(2)13(16)6-10/h4-6,11-12,14,17H,3,7-8H2,1-2H3. The summed E-state index contributed by atoms with van der Waals surface area (Å²) in [4.78, 5) is 5.31. The molecule has 1 N–H and O–H groups in total. The fraction of sp³-hybridized carbons (Fsp3) is 0.533. The Kier molecular flexibility index (Phi) is 3.50. The summed E-state index contributed by atoms with van der Waals surface area (Å²) in [6.45, 7) is 6.77. The van der Waals surface area contributed by atoms with Crippen molar-refractivity contribution in [3.05, 3.63) is 34.3 Å². The lowest BCUT2D eigenvalue weighted by atomic mass is 10.0. The Morgan fingerprint density at radius 3 is 2.79 bits per heavy atom. The molecule has 0 bridgehead atoms. The van der Waals surface area contributed by atoms with Crippen LogP contribution in [0.1, 0.15) is 18.1 Å². The van der Waals surface area contributed by atoms with Crippen LogP contribution in [0.4, 0.5) is 0 Å². The van der Waals surface area contributed by atoms with Gasteiger partial charge in [-0.25, -0.2) is 0 Å². The van der Waals surface area contributed by atoms with Crippen molar-refractivity contribution in [2.24, 2.45) is 22.9 Å². The molecule has 3 rings (SSSR count). The summed E-state index contributed by atoms with van der Waals surface area (Å²) < 4.78 is 0. The van der Waals surface area contributed by atoms with Gasteiger partial charge in [0, 0.05) is 16.5 Å². The zero-order valence-corrected chi connectivity index (χ0v) is 12.1. The van der Waals surface area contributed by atoms with Crippen LogP contribution in [-0.2, 0) is 4.84 Å². The lowest BCUT2D eigenvalue weighted by Crippen LogP contribution is -2.20. The van der Waals surface area contributed by atoms with Crippen molar-refractivity contribution in [3.8, 4) is 0 Å². The van der Waals surface area contributed by atoms with Gasteiger partial charge in [-0.3, -0.25) is 0 Å². The van der Waals surface area contributed by atoms with Gasteiger partial charge in [-0.1, -0.05) is 28.9 Å². The Labute approximate surface area is 119 Å². The highest BCUT2D eigenvalue weighted by molar-refractivity contribution is 6.31. The van der Waals surface area contributed by atoms with E-state index in [0.29, 0.717) is 12.5 Å². The van der Waals surface area contributed by atoms with Gasteiger partial charge in [0.2, 0.25) is 0 Å². The van der Waals surface area contributed by atoms with Gasteiger partial charge < -0.3 is 10.2 Å². The van der Waals surface area contributed by atoms with Gasteiger partial charge >= 0.3 is 0 Å². The molecule has 1 heterocycles. The molecule has 2 atom stereocenters. The number of nitrogens with zero attached hydrogens (tertiary/aromatic N) is 1. The van der Waals surface area contributed by atoms with E-state index in [1.165, 1.54) is 0 Å². The van der Waals surface area contributed by atoms with Crippen molar-refractivity contribution in [2.45, 2.75) is 13.8 Å². The number of nitrogens with one attached hydrogen (secondary N) is 1. The molecule has 2 aliphatic rings. The normalized spacial score (nSPS) is 29.2. The lowest BCUT2D eigenvalue weighted by molar-refractivity contribution is 0.158. The molecule has 1 saturated carbocycles. The first-order valence-electron chi connectivity index (χ1n) is 6.89. The molecule has 2 fully saturated rings. The van der Waals surface area contributed by atoms with Crippen LogP contribution in [0.2, 0.25) is 5.02 Å². The molecule has 0 aromatic heterocycles. The summed E-state index contributed by atoms with van der Waals surface area (Å²) in [6.07, 6.45) is 0. The van der Waals surface area contributed by atoms with E-state index < -0.39 is 0 Å². The number of piperidine rings is 1. The Bertz CT molecular complexity index is 505. The number of fused-ring (bicyclic) bond motifs is 1. The molecule has 1 aliphatic heterocycles. The zero-order chi connectivity index (χ0) is 13.4. The fourth-order valence-corrected chi connectivity index (χ4v) is 3.20. The molecule has 102 valence electrons. The maximum absolute atomic E-state index is 6.23. The van der Waals surface area contributed by atoms with E-state index in [-0.39, 0.29) is 0 Å². The molecule has 4 heteroatoms. The van der Waals surface area contributed by atoms with Crippen LogP contribution in [-0.4, -0.2) is 25.4 Å². The van der Waals surface area contributed by atoms with E-state index in [1.807, 2.05) is 19.9 Å². The quantitative estimate of drug-likeness (QED) is 0.679. The van der Waals surface area contributed by atoms with E-state index in [0.717, 1.165) is 46.8 Å². The average molecular weight is 279 g/mol. The molecule has 0 radical (unpaired) electrons. The maximum atomic E-state index is 6.23. The number of aryl methyl sites for hydroxylation is 1. The first-order valence-corrected chi connectivity index (χ1v) is 7.27. The van der Waals surface area contributed by atoms with Crippen LogP contribution >= 0.6 is 11.6 Å². The number of oxime groups is 1. The predicted molar refractivity (Wildman–Crippen MR) is 77.7 cm³/mol. The molecule has 19 heavy (non-hydrogen) atoms. The van der Waals surface area contributed by atoms with E-state index in [1.54, 1.807) is 0 Å². The van der Waals surface area contributed by atoms with Crippen LogP contribution < -0.4 is 5.32 Å². The van der Waals surface area contributed by atoms with E-state index >= 15 is 0 Å². The number of rotatable bonds is 4. The number of hydrogen-bond acceptors (Lipinski definition) is 3. The highest BCUT2D eigenvalue weighted by Gasteiger charge is 2.55. The second kappa shape index (κ2) is 5.14. The van der Waals surface area contributed by atoms with Gasteiger partial charge in [0.1, 0.15) is 6.61 Å². The molecule has 2 unspecified atom stereocenters. The topological polar surface area (TPSA) is 33.6 Å². The van der Waals surface area contributed by atoms with Gasteiger partial charge in [-0.2, -0.15) is 0 Å². The molecule has 0 amide bonds. The molecule has 1 saturated heterocycles. The molecule has 0 spiro atoms. The van der Waals surface area contributed by atoms with E-state index in [4.69, 9.17) is 16.4 Å². The van der Waals surface area contributed by atoms with Gasteiger partial charge in [0.05, 0.1) is 5.71 Å². The first kappa shape index (κ1) is 12.9. The van der Waals surface area contributed by atoms with Crippen LogP contribution in [0.15, 0.2) is 23.4 Å². The average Bonchev–Trinajstić information content (AvgIpc) is 2.86. The van der Waals surface area contributed by atoms with Crippen LogP contribution in [0.25, 0.3) is 0 Å². The predicted octanol–water partition coefficient (Wildman–Crippen LogP) is 2.85. The summed E-state index contributed by atoms with van der Waals surface area (Å²) in [5.41, 5.74) is 3.27. The van der Waals surface area contributed by atoms with Gasteiger partial charge in [0.25, 0.3) is 0 Å². The molecular weight excluding hydrogens is 260 g/mol. The van der Waals surface area contributed by atoms with E-state index in [9.17, 15) is 0 Å². The van der Waals surface area contributed by atoms with Crippen molar-refractivity contribution < 1.29 is 4.84 Å². The van der Waals surface area contributed by atoms with Crippen molar-refractivity contribution in [2.75, 3.05) is 19.7 Å². The highest BCUT2D eigenvalue weighted by atomic mass is 35.5. The summed E-state index contributed by atoms with van der Waals surface area (Å²) in [5, 5.41) is 8.57. The van der Waals surface area contributed by atoms with Crippen LogP contribution in [0, 0.1) is 24.7 Å². The van der Waals surface area contributed by atoms with Crippen molar-refractivity contribution in [3.63, 3.8) is 0 Å². The minimum Gasteiger partial charge on any atom is -0.396 e. The SMILES string of the molecule is CCON=C(c1ccc(C)c(Cl)c1)C1C2CNCC21. The van der Waals surface area contributed by atoms with E-state index in [2.05, 4.69) is 22.6 Å². The van der Waals surface area contributed by atoms with Gasteiger partial charge in [-0.15, -0.1) is 0 Å². The van der Waals surface area contributed by atoms with Crippen molar-refractivity contribution in [1.82, 2.24) is 5.32 Å². The third kappa shape index (κ3) is 2.37. The summed E-state index contributed by atoms with van der Waals surface area (Å²) in [6, 6.07) is 6.16. The fourth-order valence-electron chi connectivity index (χ4n) is 3.02. The second-order valence-corrected chi connectivity index (χ2v) is 5.78. The lowest BCUT2D eigenvalue weighted by Gasteiger charge is -2.10. The number of benzene rings is 1.